The van der Waals surface area contributed by atoms with Crippen LogP contribution in [0.3, 0.4) is 0 Å². The maximum atomic E-state index is 11.5. The Morgan fingerprint density at radius 2 is 2.12 bits per heavy atom. The minimum atomic E-state index is -0.520. The number of aryl methyl sites for hydroxylation is 1. The summed E-state index contributed by atoms with van der Waals surface area (Å²) in [5, 5.41) is 13.1. The summed E-state index contributed by atoms with van der Waals surface area (Å²) in [6, 6.07) is 4.07. The summed E-state index contributed by atoms with van der Waals surface area (Å²) in [5.41, 5.74) is 3.88. The molecule has 1 amide bonds. The van der Waals surface area contributed by atoms with Crippen LogP contribution in [0.2, 0.25) is 0 Å². The lowest BCUT2D eigenvalue weighted by Gasteiger charge is -2.19. The molecule has 2 N–H and O–H groups in total. The Bertz CT molecular complexity index is 452. The zero-order valence-electron chi connectivity index (χ0n) is 10.6. The molecule has 3 heteroatoms. The van der Waals surface area contributed by atoms with Crippen molar-refractivity contribution < 1.29 is 9.90 Å². The smallest absolute Gasteiger partial charge is 0.228 e. The number of rotatable bonds is 3. The van der Waals surface area contributed by atoms with E-state index in [9.17, 15) is 9.90 Å². The maximum absolute atomic E-state index is 11.5. The first-order valence-electron chi connectivity index (χ1n) is 6.16. The van der Waals surface area contributed by atoms with Crippen LogP contribution >= 0.6 is 0 Å². The molecule has 0 saturated heterocycles. The molecule has 3 nitrogen and oxygen atoms in total. The number of amides is 1. The van der Waals surface area contributed by atoms with Crippen molar-refractivity contribution in [2.45, 2.75) is 39.7 Å². The van der Waals surface area contributed by atoms with Gasteiger partial charge in [-0.1, -0.05) is 32.9 Å². The van der Waals surface area contributed by atoms with Gasteiger partial charge in [0.1, 0.15) is 0 Å². The molecule has 0 spiro atoms. The monoisotopic (exact) mass is 233 g/mol. The van der Waals surface area contributed by atoms with E-state index in [2.05, 4.69) is 18.3 Å². The first kappa shape index (κ1) is 12.1. The van der Waals surface area contributed by atoms with Crippen molar-refractivity contribution in [1.82, 2.24) is 0 Å². The molecule has 1 atom stereocenters. The summed E-state index contributed by atoms with van der Waals surface area (Å²) in [7, 11) is 0. The fraction of sp³-hybridized carbons (Fsp3) is 0.500. The number of hydrogen-bond donors (Lipinski definition) is 2. The first-order valence-corrected chi connectivity index (χ1v) is 6.16. The van der Waals surface area contributed by atoms with E-state index in [-0.39, 0.29) is 11.8 Å². The van der Waals surface area contributed by atoms with Crippen molar-refractivity contribution in [3.8, 4) is 0 Å². The summed E-state index contributed by atoms with van der Waals surface area (Å²) in [6.45, 7) is 6.04. The van der Waals surface area contributed by atoms with Crippen LogP contribution in [0.4, 0.5) is 5.69 Å². The Morgan fingerprint density at radius 3 is 2.71 bits per heavy atom. The first-order chi connectivity index (χ1) is 8.02. The van der Waals surface area contributed by atoms with Crippen LogP contribution in [0.5, 0.6) is 0 Å². The van der Waals surface area contributed by atoms with Crippen molar-refractivity contribution in [2.75, 3.05) is 5.32 Å². The normalized spacial score (nSPS) is 15.9. The van der Waals surface area contributed by atoms with Gasteiger partial charge in [0.15, 0.2) is 0 Å². The quantitative estimate of drug-likeness (QED) is 0.842. The second-order valence-electron chi connectivity index (χ2n) is 4.99. The van der Waals surface area contributed by atoms with Crippen molar-refractivity contribution in [3.05, 3.63) is 28.8 Å². The highest BCUT2D eigenvalue weighted by Gasteiger charge is 2.25. The third-order valence-corrected chi connectivity index (χ3v) is 3.28. The molecule has 2 rings (SSSR count). The predicted octanol–water partition coefficient (Wildman–Crippen LogP) is 2.43. The Labute approximate surface area is 102 Å². The molecule has 1 aliphatic heterocycles. The molecule has 92 valence electrons. The summed E-state index contributed by atoms with van der Waals surface area (Å²) in [6.07, 6.45) is 0.828. The number of carbonyl (C=O) groups excluding carboxylic acids is 1. The number of aliphatic hydroxyl groups excluding tert-OH is 1. The average Bonchev–Trinajstić information content (AvgIpc) is 2.66. The van der Waals surface area contributed by atoms with Crippen LogP contribution in [-0.2, 0) is 17.6 Å². The van der Waals surface area contributed by atoms with Crippen molar-refractivity contribution in [3.63, 3.8) is 0 Å². The van der Waals surface area contributed by atoms with Crippen molar-refractivity contribution in [2.24, 2.45) is 5.92 Å². The Hall–Kier alpha value is -1.35. The molecule has 17 heavy (non-hydrogen) atoms. The lowest BCUT2D eigenvalue weighted by atomic mass is 9.93. The van der Waals surface area contributed by atoms with Crippen LogP contribution in [0, 0.1) is 5.92 Å². The molecule has 1 heterocycles. The molecule has 0 aromatic heterocycles. The highest BCUT2D eigenvalue weighted by molar-refractivity contribution is 6.00. The van der Waals surface area contributed by atoms with Crippen molar-refractivity contribution >= 4 is 11.6 Å². The van der Waals surface area contributed by atoms with Crippen molar-refractivity contribution in [1.29, 1.82) is 0 Å². The lowest BCUT2D eigenvalue weighted by Crippen LogP contribution is -2.10. The molecule has 0 radical (unpaired) electrons. The van der Waals surface area contributed by atoms with E-state index in [1.807, 2.05) is 19.9 Å². The van der Waals surface area contributed by atoms with Gasteiger partial charge < -0.3 is 10.4 Å². The molecule has 1 aromatic rings. The Morgan fingerprint density at radius 1 is 1.41 bits per heavy atom. The fourth-order valence-electron chi connectivity index (χ4n) is 2.24. The van der Waals surface area contributed by atoms with E-state index in [4.69, 9.17) is 0 Å². The van der Waals surface area contributed by atoms with E-state index in [1.54, 1.807) is 0 Å². The number of carbonyl (C=O) groups is 1. The van der Waals surface area contributed by atoms with Crippen LogP contribution in [-0.4, -0.2) is 11.0 Å². The highest BCUT2D eigenvalue weighted by Crippen LogP contribution is 2.35. The molecule has 0 saturated carbocycles. The topological polar surface area (TPSA) is 49.3 Å². The number of benzene rings is 1. The van der Waals surface area contributed by atoms with Crippen LogP contribution < -0.4 is 5.32 Å². The van der Waals surface area contributed by atoms with E-state index in [0.29, 0.717) is 6.42 Å². The van der Waals surface area contributed by atoms with Gasteiger partial charge in [-0.2, -0.15) is 0 Å². The van der Waals surface area contributed by atoms with Gasteiger partial charge >= 0.3 is 0 Å². The van der Waals surface area contributed by atoms with Crippen LogP contribution in [0.25, 0.3) is 0 Å². The van der Waals surface area contributed by atoms with Gasteiger partial charge in [0.2, 0.25) is 5.91 Å². The zero-order valence-corrected chi connectivity index (χ0v) is 10.6. The number of aliphatic hydroxyl groups is 1. The number of anilines is 1. The second-order valence-corrected chi connectivity index (χ2v) is 4.99. The highest BCUT2D eigenvalue weighted by atomic mass is 16.3. The van der Waals surface area contributed by atoms with Gasteiger partial charge in [-0.3, -0.25) is 4.79 Å². The average molecular weight is 233 g/mol. The fourth-order valence-corrected chi connectivity index (χ4v) is 2.24. The summed E-state index contributed by atoms with van der Waals surface area (Å²) < 4.78 is 0. The van der Waals surface area contributed by atoms with E-state index in [0.717, 1.165) is 23.2 Å². The molecule has 1 unspecified atom stereocenters. The minimum Gasteiger partial charge on any atom is -0.388 e. The third-order valence-electron chi connectivity index (χ3n) is 3.28. The van der Waals surface area contributed by atoms with Gasteiger partial charge in [0, 0.05) is 5.56 Å². The molecular weight excluding hydrogens is 214 g/mol. The molecule has 1 aromatic carbocycles. The van der Waals surface area contributed by atoms with Gasteiger partial charge in [0.25, 0.3) is 0 Å². The molecule has 0 aliphatic carbocycles. The van der Waals surface area contributed by atoms with E-state index >= 15 is 0 Å². The SMILES string of the molecule is CCc1cc2c(c(C(O)C(C)C)c1)NC(=O)C2. The van der Waals surface area contributed by atoms with Gasteiger partial charge in [-0.05, 0) is 23.5 Å². The van der Waals surface area contributed by atoms with Gasteiger partial charge in [-0.15, -0.1) is 0 Å². The summed E-state index contributed by atoms with van der Waals surface area (Å²) in [5.74, 6) is 0.161. The number of fused-ring (bicyclic) bond motifs is 1. The maximum Gasteiger partial charge on any atom is 0.228 e. The molecule has 0 fully saturated rings. The molecule has 0 bridgehead atoms. The largest absolute Gasteiger partial charge is 0.388 e. The van der Waals surface area contributed by atoms with E-state index in [1.165, 1.54) is 5.56 Å². The van der Waals surface area contributed by atoms with Crippen LogP contribution in [0.15, 0.2) is 12.1 Å². The third kappa shape index (κ3) is 2.20. The minimum absolute atomic E-state index is 0.0189. The number of hydrogen-bond acceptors (Lipinski definition) is 2. The van der Waals surface area contributed by atoms with Crippen LogP contribution in [0.1, 0.15) is 43.6 Å². The van der Waals surface area contributed by atoms with E-state index < -0.39 is 6.10 Å². The number of nitrogens with one attached hydrogen (secondary N) is 1. The standard InChI is InChI=1S/C14H19NO2/c1-4-9-5-10-7-12(16)15-13(10)11(6-9)14(17)8(2)3/h5-6,8,14,17H,4,7H2,1-3H3,(H,15,16). The second kappa shape index (κ2) is 4.49. The Balaban J connectivity index is 2.51. The predicted molar refractivity (Wildman–Crippen MR) is 68.0 cm³/mol. The van der Waals surface area contributed by atoms with Gasteiger partial charge in [0.05, 0.1) is 18.2 Å². The van der Waals surface area contributed by atoms with Gasteiger partial charge in [-0.25, -0.2) is 0 Å². The zero-order chi connectivity index (χ0) is 12.6. The lowest BCUT2D eigenvalue weighted by molar-refractivity contribution is -0.115. The molecule has 1 aliphatic rings. The summed E-state index contributed by atoms with van der Waals surface area (Å²) in [4.78, 5) is 11.5. The molecular formula is C14H19NO2. The Kier molecular flexibility index (Phi) is 3.20. The summed E-state index contributed by atoms with van der Waals surface area (Å²) >= 11 is 0.